The van der Waals surface area contributed by atoms with Crippen LogP contribution in [0.25, 0.3) is 10.9 Å². The molecule has 6 heteroatoms. The fraction of sp³-hybridized carbons (Fsp3) is 0.524. The summed E-state index contributed by atoms with van der Waals surface area (Å²) in [6.45, 7) is 3.99. The van der Waals surface area contributed by atoms with Gasteiger partial charge in [-0.25, -0.2) is 0 Å². The van der Waals surface area contributed by atoms with Crippen LogP contribution in [0.2, 0.25) is 0 Å². The molecule has 2 atom stereocenters. The molecule has 1 aromatic heterocycles. The molecule has 0 radical (unpaired) electrons. The molecule has 4 rings (SSSR count). The van der Waals surface area contributed by atoms with E-state index in [0.717, 1.165) is 43.4 Å². The van der Waals surface area contributed by atoms with Gasteiger partial charge in [0.15, 0.2) is 0 Å². The number of likely N-dealkylation sites (tertiary alicyclic amines) is 2. The van der Waals surface area contributed by atoms with Gasteiger partial charge in [-0.2, -0.15) is 0 Å². The van der Waals surface area contributed by atoms with Crippen LogP contribution in [0.4, 0.5) is 0 Å². The molecule has 2 N–H and O–H groups in total. The first-order valence-electron chi connectivity index (χ1n) is 9.79. The molecule has 2 aliphatic rings. The minimum Gasteiger partial charge on any atom is -0.396 e. The van der Waals surface area contributed by atoms with Gasteiger partial charge in [-0.3, -0.25) is 9.78 Å². The van der Waals surface area contributed by atoms with Gasteiger partial charge in [-0.15, -0.1) is 0 Å². The predicted octanol–water partition coefficient (Wildman–Crippen LogP) is 1.37. The fourth-order valence-electron chi connectivity index (χ4n) is 4.32. The lowest BCUT2D eigenvalue weighted by Gasteiger charge is -2.32. The number of aliphatic hydroxyl groups excluding tert-OH is 2. The Balaban J connectivity index is 1.44. The highest BCUT2D eigenvalue weighted by atomic mass is 16.3. The van der Waals surface area contributed by atoms with E-state index in [9.17, 15) is 15.0 Å². The van der Waals surface area contributed by atoms with E-state index in [1.807, 2.05) is 35.2 Å². The van der Waals surface area contributed by atoms with Gasteiger partial charge in [0.25, 0.3) is 5.91 Å². The van der Waals surface area contributed by atoms with Crippen molar-refractivity contribution >= 4 is 16.8 Å². The van der Waals surface area contributed by atoms with Crippen molar-refractivity contribution in [1.29, 1.82) is 0 Å². The van der Waals surface area contributed by atoms with Crippen LogP contribution in [0, 0.1) is 11.8 Å². The zero-order chi connectivity index (χ0) is 18.8. The molecule has 0 bridgehead atoms. The van der Waals surface area contributed by atoms with Crippen molar-refractivity contribution in [2.24, 2.45) is 11.8 Å². The normalized spacial score (nSPS) is 24.6. The number of pyridine rings is 1. The summed E-state index contributed by atoms with van der Waals surface area (Å²) >= 11 is 0. The maximum atomic E-state index is 13.0. The monoisotopic (exact) mass is 369 g/mol. The standard InChI is InChI=1S/C21H27N3O3/c25-14-18-13-24(12-17(18)11-23-7-5-19(26)6-8-23)21(27)16-9-15-3-1-2-4-20(15)22-10-16/h1-4,9-10,17-19,25-26H,5-8,11-14H2/t17-,18-/m1/s1. The number of amides is 1. The molecule has 2 saturated heterocycles. The van der Waals surface area contributed by atoms with Crippen LogP contribution >= 0.6 is 0 Å². The lowest BCUT2D eigenvalue weighted by atomic mass is 9.95. The van der Waals surface area contributed by atoms with Crippen molar-refractivity contribution in [2.75, 3.05) is 39.3 Å². The Kier molecular flexibility index (Phi) is 5.38. The summed E-state index contributed by atoms with van der Waals surface area (Å²) in [7, 11) is 0. The molecule has 2 aromatic rings. The lowest BCUT2D eigenvalue weighted by molar-refractivity contribution is 0.0679. The van der Waals surface area contributed by atoms with Crippen molar-refractivity contribution in [2.45, 2.75) is 18.9 Å². The second-order valence-electron chi connectivity index (χ2n) is 7.86. The average molecular weight is 369 g/mol. The Labute approximate surface area is 159 Å². The Morgan fingerprint density at radius 1 is 1.15 bits per heavy atom. The molecule has 1 aromatic carbocycles. The van der Waals surface area contributed by atoms with Gasteiger partial charge in [-0.1, -0.05) is 18.2 Å². The Bertz CT molecular complexity index is 804. The van der Waals surface area contributed by atoms with Crippen LogP contribution in [0.5, 0.6) is 0 Å². The van der Waals surface area contributed by atoms with Crippen LogP contribution in [-0.2, 0) is 0 Å². The van der Waals surface area contributed by atoms with Crippen LogP contribution < -0.4 is 0 Å². The van der Waals surface area contributed by atoms with E-state index in [-0.39, 0.29) is 30.5 Å². The van der Waals surface area contributed by atoms with E-state index < -0.39 is 0 Å². The highest BCUT2D eigenvalue weighted by Gasteiger charge is 2.36. The van der Waals surface area contributed by atoms with Crippen LogP contribution in [0.15, 0.2) is 36.5 Å². The molecule has 3 heterocycles. The number of para-hydroxylation sites is 1. The topological polar surface area (TPSA) is 76.9 Å². The number of benzene rings is 1. The Morgan fingerprint density at radius 3 is 2.67 bits per heavy atom. The maximum absolute atomic E-state index is 13.0. The van der Waals surface area contributed by atoms with Gasteiger partial charge in [-0.05, 0) is 30.9 Å². The predicted molar refractivity (Wildman–Crippen MR) is 103 cm³/mol. The molecule has 2 aliphatic heterocycles. The smallest absolute Gasteiger partial charge is 0.255 e. The molecule has 1 amide bonds. The molecule has 0 unspecified atom stereocenters. The fourth-order valence-corrected chi connectivity index (χ4v) is 4.32. The zero-order valence-electron chi connectivity index (χ0n) is 15.5. The van der Waals surface area contributed by atoms with E-state index >= 15 is 0 Å². The third-order valence-electron chi connectivity index (χ3n) is 5.99. The maximum Gasteiger partial charge on any atom is 0.255 e. The van der Waals surface area contributed by atoms with E-state index in [1.165, 1.54) is 0 Å². The number of aliphatic hydroxyl groups is 2. The summed E-state index contributed by atoms with van der Waals surface area (Å²) in [5.41, 5.74) is 1.49. The first-order valence-corrected chi connectivity index (χ1v) is 9.79. The minimum absolute atomic E-state index is 0.0109. The van der Waals surface area contributed by atoms with Crippen molar-refractivity contribution in [3.05, 3.63) is 42.1 Å². The zero-order valence-corrected chi connectivity index (χ0v) is 15.5. The van der Waals surface area contributed by atoms with Gasteiger partial charge in [0.05, 0.1) is 17.2 Å². The lowest BCUT2D eigenvalue weighted by Crippen LogP contribution is -2.40. The second kappa shape index (κ2) is 7.92. The third-order valence-corrected chi connectivity index (χ3v) is 5.99. The highest BCUT2D eigenvalue weighted by molar-refractivity contribution is 5.97. The van der Waals surface area contributed by atoms with Gasteiger partial charge in [0.1, 0.15) is 0 Å². The summed E-state index contributed by atoms with van der Waals surface area (Å²) in [6.07, 6.45) is 3.08. The first kappa shape index (κ1) is 18.3. The van der Waals surface area contributed by atoms with Crippen molar-refractivity contribution in [1.82, 2.24) is 14.8 Å². The molecule has 0 aliphatic carbocycles. The SMILES string of the molecule is O=C(c1cnc2ccccc2c1)N1C[C@@H](CN2CCC(O)CC2)[C@@H](CO)C1. The number of piperidine rings is 1. The van der Waals surface area contributed by atoms with E-state index in [0.29, 0.717) is 18.7 Å². The molecule has 2 fully saturated rings. The van der Waals surface area contributed by atoms with Crippen LogP contribution in [0.3, 0.4) is 0 Å². The third kappa shape index (κ3) is 3.98. The molecule has 6 nitrogen and oxygen atoms in total. The number of fused-ring (bicyclic) bond motifs is 1. The molecule has 27 heavy (non-hydrogen) atoms. The largest absolute Gasteiger partial charge is 0.396 e. The summed E-state index contributed by atoms with van der Waals surface area (Å²) in [6, 6.07) is 9.69. The summed E-state index contributed by atoms with van der Waals surface area (Å²) in [4.78, 5) is 21.6. The number of carbonyl (C=O) groups excluding carboxylic acids is 1. The Morgan fingerprint density at radius 2 is 1.89 bits per heavy atom. The Hall–Kier alpha value is -2.02. The van der Waals surface area contributed by atoms with Crippen molar-refractivity contribution in [3.63, 3.8) is 0 Å². The van der Waals surface area contributed by atoms with E-state index in [2.05, 4.69) is 9.88 Å². The molecule has 0 saturated carbocycles. The highest BCUT2D eigenvalue weighted by Crippen LogP contribution is 2.27. The number of rotatable bonds is 4. The summed E-state index contributed by atoms with van der Waals surface area (Å²) < 4.78 is 0. The second-order valence-corrected chi connectivity index (χ2v) is 7.86. The molecule has 144 valence electrons. The first-order chi connectivity index (χ1) is 13.1. The van der Waals surface area contributed by atoms with Gasteiger partial charge < -0.3 is 20.0 Å². The number of carbonyl (C=O) groups is 1. The van der Waals surface area contributed by atoms with Gasteiger partial charge >= 0.3 is 0 Å². The summed E-state index contributed by atoms with van der Waals surface area (Å²) in [5, 5.41) is 20.4. The number of hydrogen-bond donors (Lipinski definition) is 2. The number of hydrogen-bond acceptors (Lipinski definition) is 5. The molecular formula is C21H27N3O3. The van der Waals surface area contributed by atoms with Crippen molar-refractivity contribution < 1.29 is 15.0 Å². The minimum atomic E-state index is -0.183. The van der Waals surface area contributed by atoms with Gasteiger partial charge in [0.2, 0.25) is 0 Å². The molecular weight excluding hydrogens is 342 g/mol. The average Bonchev–Trinajstić information content (AvgIpc) is 3.11. The number of aromatic nitrogens is 1. The molecule has 0 spiro atoms. The quantitative estimate of drug-likeness (QED) is 0.851. The van der Waals surface area contributed by atoms with Crippen molar-refractivity contribution in [3.8, 4) is 0 Å². The summed E-state index contributed by atoms with van der Waals surface area (Å²) in [5.74, 6) is 0.361. The van der Waals surface area contributed by atoms with Crippen LogP contribution in [0.1, 0.15) is 23.2 Å². The van der Waals surface area contributed by atoms with E-state index in [1.54, 1.807) is 6.20 Å². The van der Waals surface area contributed by atoms with E-state index in [4.69, 9.17) is 0 Å². The number of nitrogens with zero attached hydrogens (tertiary/aromatic N) is 3. The van der Waals surface area contributed by atoms with Crippen LogP contribution in [-0.4, -0.2) is 76.3 Å². The van der Waals surface area contributed by atoms with Gasteiger partial charge in [0, 0.05) is 56.8 Å².